The van der Waals surface area contributed by atoms with E-state index in [1.165, 1.54) is 327 Å². The van der Waals surface area contributed by atoms with Crippen LogP contribution in [0.2, 0.25) is 0 Å². The third-order valence-electron chi connectivity index (χ3n) is 15.6. The summed E-state index contributed by atoms with van der Waals surface area (Å²) in [4.78, 5) is 24.6. The van der Waals surface area contributed by atoms with E-state index in [0.29, 0.717) is 12.8 Å². The van der Waals surface area contributed by atoms with Crippen LogP contribution in [0.3, 0.4) is 0 Å². The summed E-state index contributed by atoms with van der Waals surface area (Å²) in [7, 11) is 0. The number of aliphatic hydroxyl groups excluding tert-OH is 1. The number of carbonyl (C=O) groups is 2. The van der Waals surface area contributed by atoms with Gasteiger partial charge in [-0.25, -0.2) is 0 Å². The van der Waals surface area contributed by atoms with Crippen molar-refractivity contribution in [3.05, 3.63) is 12.2 Å². The van der Waals surface area contributed by atoms with Crippen LogP contribution in [-0.2, 0) is 19.1 Å². The molecule has 0 saturated carbocycles. The fourth-order valence-corrected chi connectivity index (χ4v) is 10.6. The Hall–Kier alpha value is -1.36. The predicted octanol–water partition coefficient (Wildman–Crippen LogP) is 22.7. The number of carbonyl (C=O) groups excluding carboxylic acids is 2. The molecule has 0 aliphatic heterocycles. The molecular formula is C67H130O5. The van der Waals surface area contributed by atoms with Gasteiger partial charge in [-0.15, -0.1) is 0 Å². The molecule has 0 aromatic rings. The van der Waals surface area contributed by atoms with Crippen LogP contribution in [0.4, 0.5) is 0 Å². The van der Waals surface area contributed by atoms with Crippen molar-refractivity contribution in [2.75, 3.05) is 13.2 Å². The minimum atomic E-state index is -0.766. The molecule has 72 heavy (non-hydrogen) atoms. The van der Waals surface area contributed by atoms with Crippen molar-refractivity contribution in [2.24, 2.45) is 0 Å². The molecule has 428 valence electrons. The quantitative estimate of drug-likeness (QED) is 0.0373. The second-order valence-corrected chi connectivity index (χ2v) is 22.9. The van der Waals surface area contributed by atoms with E-state index in [-0.39, 0.29) is 25.2 Å². The third-order valence-corrected chi connectivity index (χ3v) is 15.6. The van der Waals surface area contributed by atoms with Gasteiger partial charge in [0.25, 0.3) is 0 Å². The van der Waals surface area contributed by atoms with Crippen molar-refractivity contribution in [1.29, 1.82) is 0 Å². The summed E-state index contributed by atoms with van der Waals surface area (Å²) in [5.41, 5.74) is 0. The number of unbranched alkanes of at least 4 members (excludes halogenated alkanes) is 53. The Kier molecular flexibility index (Phi) is 62.7. The van der Waals surface area contributed by atoms with Crippen LogP contribution >= 0.6 is 0 Å². The second-order valence-electron chi connectivity index (χ2n) is 22.9. The average molecular weight is 1020 g/mol. The summed E-state index contributed by atoms with van der Waals surface area (Å²) in [5, 5.41) is 9.68. The van der Waals surface area contributed by atoms with E-state index < -0.39 is 6.10 Å². The molecule has 1 N–H and O–H groups in total. The van der Waals surface area contributed by atoms with E-state index in [1.807, 2.05) is 0 Å². The van der Waals surface area contributed by atoms with Crippen molar-refractivity contribution in [1.82, 2.24) is 0 Å². The minimum Gasteiger partial charge on any atom is -0.462 e. The molecule has 5 nitrogen and oxygen atoms in total. The molecule has 0 bridgehead atoms. The Bertz CT molecular complexity index is 1060. The molecule has 0 rings (SSSR count). The maximum Gasteiger partial charge on any atom is 0.306 e. The number of hydrogen-bond donors (Lipinski definition) is 1. The topological polar surface area (TPSA) is 72.8 Å². The average Bonchev–Trinajstić information content (AvgIpc) is 3.38. The van der Waals surface area contributed by atoms with Gasteiger partial charge in [0.1, 0.15) is 6.61 Å². The van der Waals surface area contributed by atoms with Gasteiger partial charge in [0.05, 0.1) is 6.61 Å². The predicted molar refractivity (Wildman–Crippen MR) is 316 cm³/mol. The van der Waals surface area contributed by atoms with Crippen molar-refractivity contribution >= 4 is 11.9 Å². The molecule has 0 fully saturated rings. The number of allylic oxidation sites excluding steroid dienone is 2. The Morgan fingerprint density at radius 2 is 0.514 bits per heavy atom. The zero-order chi connectivity index (χ0) is 52.0. The van der Waals surface area contributed by atoms with Crippen molar-refractivity contribution < 1.29 is 24.2 Å². The molecule has 0 aromatic carbocycles. The van der Waals surface area contributed by atoms with E-state index in [0.717, 1.165) is 32.1 Å². The van der Waals surface area contributed by atoms with E-state index in [1.54, 1.807) is 0 Å². The first-order valence-electron chi connectivity index (χ1n) is 33.2. The summed E-state index contributed by atoms with van der Waals surface area (Å²) >= 11 is 0. The molecule has 0 spiro atoms. The van der Waals surface area contributed by atoms with Gasteiger partial charge in [0.2, 0.25) is 0 Å². The van der Waals surface area contributed by atoms with E-state index >= 15 is 0 Å². The normalized spacial score (nSPS) is 12.1. The molecular weight excluding hydrogens is 885 g/mol. The van der Waals surface area contributed by atoms with Crippen LogP contribution in [-0.4, -0.2) is 36.4 Å². The lowest BCUT2D eigenvalue weighted by molar-refractivity contribution is -0.161. The molecule has 0 aromatic heterocycles. The monoisotopic (exact) mass is 1010 g/mol. The lowest BCUT2D eigenvalue weighted by Gasteiger charge is -2.15. The number of ether oxygens (including phenoxy) is 2. The lowest BCUT2D eigenvalue weighted by atomic mass is 10.0. The van der Waals surface area contributed by atoms with Crippen LogP contribution in [0.15, 0.2) is 12.2 Å². The molecule has 0 aliphatic carbocycles. The van der Waals surface area contributed by atoms with Gasteiger partial charge in [-0.3, -0.25) is 9.59 Å². The van der Waals surface area contributed by atoms with Crippen molar-refractivity contribution in [2.45, 2.75) is 392 Å². The first kappa shape index (κ1) is 70.6. The Labute approximate surface area is 451 Å². The van der Waals surface area contributed by atoms with Crippen LogP contribution in [0.5, 0.6) is 0 Å². The molecule has 1 atom stereocenters. The lowest BCUT2D eigenvalue weighted by Crippen LogP contribution is -2.28. The van der Waals surface area contributed by atoms with Gasteiger partial charge in [-0.2, -0.15) is 0 Å². The molecule has 5 heteroatoms. The van der Waals surface area contributed by atoms with Crippen LogP contribution in [0.1, 0.15) is 386 Å². The smallest absolute Gasteiger partial charge is 0.306 e. The van der Waals surface area contributed by atoms with Crippen molar-refractivity contribution in [3.63, 3.8) is 0 Å². The number of aliphatic hydroxyl groups is 1. The Morgan fingerprint density at radius 3 is 0.750 bits per heavy atom. The first-order chi connectivity index (χ1) is 35.6. The van der Waals surface area contributed by atoms with Crippen LogP contribution < -0.4 is 0 Å². The SMILES string of the molecule is CCCCCCCCCC/C=C\CCCCCCCCCCCCCCCCCCCCCCCCCC(=O)OC(CO)COC(=O)CCCCCCCCCCCCCCCCCCCCCCCCC. The van der Waals surface area contributed by atoms with E-state index in [9.17, 15) is 14.7 Å². The fourth-order valence-electron chi connectivity index (χ4n) is 10.6. The highest BCUT2D eigenvalue weighted by molar-refractivity contribution is 5.70. The first-order valence-corrected chi connectivity index (χ1v) is 33.2. The molecule has 0 saturated heterocycles. The standard InChI is InChI=1S/C67H130O5/c1-3-5-7-9-11-13-15-17-19-21-23-25-27-28-29-30-31-32-33-34-35-36-37-38-40-42-44-46-48-50-52-54-56-58-60-62-67(70)72-65(63-68)64-71-66(69)61-59-57-55-53-51-49-47-45-43-41-39-26-24-22-20-18-16-14-12-10-8-6-4-2/h21,23,65,68H,3-20,22,24-64H2,1-2H3/b23-21-. The second kappa shape index (κ2) is 63.9. The third kappa shape index (κ3) is 61.2. The number of rotatable bonds is 63. The van der Waals surface area contributed by atoms with Crippen LogP contribution in [0, 0.1) is 0 Å². The van der Waals surface area contributed by atoms with Gasteiger partial charge >= 0.3 is 11.9 Å². The van der Waals surface area contributed by atoms with E-state index in [4.69, 9.17) is 9.47 Å². The Morgan fingerprint density at radius 1 is 0.306 bits per heavy atom. The summed E-state index contributed by atoms with van der Waals surface area (Å²) in [6.07, 6.45) is 81.0. The summed E-state index contributed by atoms with van der Waals surface area (Å²) < 4.78 is 10.8. The zero-order valence-corrected chi connectivity index (χ0v) is 49.2. The van der Waals surface area contributed by atoms with Crippen molar-refractivity contribution in [3.8, 4) is 0 Å². The molecule has 0 radical (unpaired) electrons. The zero-order valence-electron chi connectivity index (χ0n) is 49.2. The van der Waals surface area contributed by atoms with Gasteiger partial charge in [0.15, 0.2) is 6.10 Å². The summed E-state index contributed by atoms with van der Waals surface area (Å²) in [5.74, 6) is -0.562. The maximum atomic E-state index is 12.3. The number of hydrogen-bond acceptors (Lipinski definition) is 5. The molecule has 0 heterocycles. The molecule has 1 unspecified atom stereocenters. The highest BCUT2D eigenvalue weighted by Crippen LogP contribution is 2.19. The minimum absolute atomic E-state index is 0.0565. The molecule has 0 amide bonds. The largest absolute Gasteiger partial charge is 0.462 e. The molecule has 0 aliphatic rings. The van der Waals surface area contributed by atoms with Gasteiger partial charge < -0.3 is 14.6 Å². The van der Waals surface area contributed by atoms with Gasteiger partial charge in [-0.1, -0.05) is 347 Å². The van der Waals surface area contributed by atoms with Gasteiger partial charge in [0, 0.05) is 12.8 Å². The fraction of sp³-hybridized carbons (Fsp3) is 0.940. The number of esters is 2. The van der Waals surface area contributed by atoms with Gasteiger partial charge in [-0.05, 0) is 38.5 Å². The Balaban J connectivity index is 3.36. The summed E-state index contributed by atoms with van der Waals surface area (Å²) in [6, 6.07) is 0. The maximum absolute atomic E-state index is 12.3. The van der Waals surface area contributed by atoms with Crippen LogP contribution in [0.25, 0.3) is 0 Å². The summed E-state index contributed by atoms with van der Waals surface area (Å²) in [6.45, 7) is 4.21. The highest BCUT2D eigenvalue weighted by Gasteiger charge is 2.16. The van der Waals surface area contributed by atoms with E-state index in [2.05, 4.69) is 26.0 Å². The highest BCUT2D eigenvalue weighted by atomic mass is 16.6.